The quantitative estimate of drug-likeness (QED) is 0.637. The lowest BCUT2D eigenvalue weighted by molar-refractivity contribution is -0.137. The Balaban J connectivity index is 1.57. The molecule has 1 aliphatic heterocycles. The summed E-state index contributed by atoms with van der Waals surface area (Å²) in [6.45, 7) is 0.550. The van der Waals surface area contributed by atoms with E-state index in [1.807, 2.05) is 0 Å². The number of carbonyl (C=O) groups excluding carboxylic acids is 1. The van der Waals surface area contributed by atoms with Crippen LogP contribution in [-0.4, -0.2) is 32.7 Å². The molecule has 4 rings (SSSR count). The van der Waals surface area contributed by atoms with Crippen LogP contribution in [0.15, 0.2) is 42.7 Å². The van der Waals surface area contributed by atoms with E-state index < -0.39 is 11.7 Å². The smallest absolute Gasteiger partial charge is 0.417 e. The first-order valence-electron chi connectivity index (χ1n) is 9.23. The average molecular weight is 427 g/mol. The molecule has 0 saturated heterocycles. The van der Waals surface area contributed by atoms with Crippen molar-refractivity contribution in [1.82, 2.24) is 19.7 Å². The van der Waals surface area contributed by atoms with Crippen molar-refractivity contribution in [3.8, 4) is 22.9 Å². The summed E-state index contributed by atoms with van der Waals surface area (Å²) in [5.41, 5.74) is 1.34. The second-order valence-electron chi connectivity index (χ2n) is 7.02. The highest BCUT2D eigenvalue weighted by atomic mass is 19.4. The predicted molar refractivity (Wildman–Crippen MR) is 102 cm³/mol. The van der Waals surface area contributed by atoms with Crippen molar-refractivity contribution in [3.63, 3.8) is 0 Å². The molecule has 2 aromatic carbocycles. The Bertz CT molecular complexity index is 1200. The van der Waals surface area contributed by atoms with E-state index in [1.54, 1.807) is 29.2 Å². The molecule has 2 heterocycles. The summed E-state index contributed by atoms with van der Waals surface area (Å²) in [6.07, 6.45) is -3.23. The van der Waals surface area contributed by atoms with Crippen molar-refractivity contribution >= 4 is 5.91 Å². The first-order chi connectivity index (χ1) is 14.8. The first kappa shape index (κ1) is 20.4. The average Bonchev–Trinajstić information content (AvgIpc) is 3.38. The summed E-state index contributed by atoms with van der Waals surface area (Å²) in [7, 11) is 1.32. The molecule has 0 atom stereocenters. The second-order valence-corrected chi connectivity index (χ2v) is 7.02. The molecule has 0 saturated carbocycles. The van der Waals surface area contributed by atoms with Crippen LogP contribution >= 0.6 is 0 Å². The molecule has 7 nitrogen and oxygen atoms in total. The number of hydrogen-bond donors (Lipinski definition) is 0. The number of carbonyl (C=O) groups is 1. The fourth-order valence-electron chi connectivity index (χ4n) is 3.54. The summed E-state index contributed by atoms with van der Waals surface area (Å²) in [4.78, 5) is 17.9. The standard InChI is InChI=1S/C21H16F3N5O2/c1-31-16-4-5-17(18(7-16)21(22,23)24)13-2-3-14-9-28(10-15(14)6-13)20(30)11-29-12-26-19(8-25)27-29/h2-7,12H,9-11H2,1H3. The third-order valence-corrected chi connectivity index (χ3v) is 5.06. The van der Waals surface area contributed by atoms with Gasteiger partial charge in [0.1, 0.15) is 24.7 Å². The largest absolute Gasteiger partial charge is 0.497 e. The zero-order valence-electron chi connectivity index (χ0n) is 16.3. The van der Waals surface area contributed by atoms with Gasteiger partial charge in [-0.15, -0.1) is 5.10 Å². The number of hydrogen-bond acceptors (Lipinski definition) is 5. The maximum Gasteiger partial charge on any atom is 0.417 e. The van der Waals surface area contributed by atoms with Gasteiger partial charge in [-0.05, 0) is 40.5 Å². The Morgan fingerprint density at radius 1 is 1.19 bits per heavy atom. The van der Waals surface area contributed by atoms with E-state index in [2.05, 4.69) is 10.1 Å². The molecule has 1 aromatic heterocycles. The van der Waals surface area contributed by atoms with Gasteiger partial charge in [-0.3, -0.25) is 4.79 Å². The summed E-state index contributed by atoms with van der Waals surface area (Å²) in [5.74, 6) is -0.128. The molecule has 0 bridgehead atoms. The van der Waals surface area contributed by atoms with Gasteiger partial charge in [0.05, 0.1) is 12.7 Å². The minimum absolute atomic E-state index is 0.0258. The van der Waals surface area contributed by atoms with Gasteiger partial charge in [0.25, 0.3) is 5.82 Å². The number of halogens is 3. The van der Waals surface area contributed by atoms with Crippen molar-refractivity contribution < 1.29 is 22.7 Å². The number of nitriles is 1. The lowest BCUT2D eigenvalue weighted by Gasteiger charge is -2.15. The molecule has 0 radical (unpaired) electrons. The number of fused-ring (bicyclic) bond motifs is 1. The number of nitrogens with zero attached hydrogens (tertiary/aromatic N) is 5. The third kappa shape index (κ3) is 4.07. The first-order valence-corrected chi connectivity index (χ1v) is 9.23. The Hall–Kier alpha value is -3.87. The maximum atomic E-state index is 13.6. The monoisotopic (exact) mass is 427 g/mol. The molecule has 0 spiro atoms. The van der Waals surface area contributed by atoms with E-state index in [0.717, 1.165) is 17.2 Å². The van der Waals surface area contributed by atoms with Crippen molar-refractivity contribution in [1.29, 1.82) is 5.26 Å². The molecule has 3 aromatic rings. The molecule has 10 heteroatoms. The van der Waals surface area contributed by atoms with E-state index in [1.165, 1.54) is 30.3 Å². The van der Waals surface area contributed by atoms with Crippen molar-refractivity contribution in [2.75, 3.05) is 7.11 Å². The fourth-order valence-corrected chi connectivity index (χ4v) is 3.54. The normalized spacial score (nSPS) is 13.1. The van der Waals surface area contributed by atoms with E-state index >= 15 is 0 Å². The van der Waals surface area contributed by atoms with Crippen LogP contribution in [0.4, 0.5) is 13.2 Å². The summed E-state index contributed by atoms with van der Waals surface area (Å²) in [6, 6.07) is 10.7. The van der Waals surface area contributed by atoms with E-state index in [4.69, 9.17) is 10.00 Å². The number of rotatable bonds is 4. The zero-order chi connectivity index (χ0) is 22.2. The minimum Gasteiger partial charge on any atom is -0.497 e. The van der Waals surface area contributed by atoms with Gasteiger partial charge in [0.15, 0.2) is 0 Å². The Kier molecular flexibility index (Phi) is 5.10. The topological polar surface area (TPSA) is 84.0 Å². The number of aromatic nitrogens is 3. The highest BCUT2D eigenvalue weighted by Gasteiger charge is 2.34. The third-order valence-electron chi connectivity index (χ3n) is 5.06. The van der Waals surface area contributed by atoms with Gasteiger partial charge in [-0.25, -0.2) is 9.67 Å². The molecule has 0 unspecified atom stereocenters. The number of amides is 1. The summed E-state index contributed by atoms with van der Waals surface area (Å²) >= 11 is 0. The number of ether oxygens (including phenoxy) is 1. The van der Waals surface area contributed by atoms with Crippen LogP contribution in [0.25, 0.3) is 11.1 Å². The van der Waals surface area contributed by atoms with Gasteiger partial charge in [0, 0.05) is 13.1 Å². The van der Waals surface area contributed by atoms with Crippen LogP contribution in [0, 0.1) is 11.3 Å². The number of methoxy groups -OCH3 is 1. The van der Waals surface area contributed by atoms with Crippen molar-refractivity contribution in [2.24, 2.45) is 0 Å². The minimum atomic E-state index is -4.54. The van der Waals surface area contributed by atoms with Gasteiger partial charge in [0.2, 0.25) is 5.91 Å². The summed E-state index contributed by atoms with van der Waals surface area (Å²) in [5, 5.41) is 12.6. The highest BCUT2D eigenvalue weighted by molar-refractivity contribution is 5.77. The number of benzene rings is 2. The van der Waals surface area contributed by atoms with Crippen LogP contribution in [0.2, 0.25) is 0 Å². The van der Waals surface area contributed by atoms with Crippen molar-refractivity contribution in [3.05, 3.63) is 65.2 Å². The Labute approximate surface area is 175 Å². The Morgan fingerprint density at radius 3 is 2.65 bits per heavy atom. The second kappa shape index (κ2) is 7.75. The van der Waals surface area contributed by atoms with Crippen LogP contribution in [-0.2, 0) is 30.6 Å². The molecule has 0 N–H and O–H groups in total. The van der Waals surface area contributed by atoms with Crippen LogP contribution in [0.5, 0.6) is 5.75 Å². The molecular weight excluding hydrogens is 411 g/mol. The molecule has 31 heavy (non-hydrogen) atoms. The fraction of sp³-hybridized carbons (Fsp3) is 0.238. The van der Waals surface area contributed by atoms with Crippen LogP contribution in [0.3, 0.4) is 0 Å². The SMILES string of the molecule is COc1ccc(-c2ccc3c(c2)CN(C(=O)Cn2cnc(C#N)n2)C3)c(C(F)(F)F)c1. The lowest BCUT2D eigenvalue weighted by atomic mass is 9.96. The molecule has 0 aliphatic carbocycles. The summed E-state index contributed by atoms with van der Waals surface area (Å²) < 4.78 is 47.0. The zero-order valence-corrected chi connectivity index (χ0v) is 16.3. The molecule has 0 fully saturated rings. The van der Waals surface area contributed by atoms with Crippen LogP contribution in [0.1, 0.15) is 22.5 Å². The van der Waals surface area contributed by atoms with E-state index in [0.29, 0.717) is 12.1 Å². The highest BCUT2D eigenvalue weighted by Crippen LogP contribution is 2.40. The lowest BCUT2D eigenvalue weighted by Crippen LogP contribution is -2.29. The molecular formula is C21H16F3N5O2. The number of alkyl halides is 3. The Morgan fingerprint density at radius 2 is 1.97 bits per heavy atom. The van der Waals surface area contributed by atoms with E-state index in [-0.39, 0.29) is 36.1 Å². The van der Waals surface area contributed by atoms with Gasteiger partial charge in [-0.2, -0.15) is 18.4 Å². The van der Waals surface area contributed by atoms with E-state index in [9.17, 15) is 18.0 Å². The van der Waals surface area contributed by atoms with Gasteiger partial charge >= 0.3 is 6.18 Å². The van der Waals surface area contributed by atoms with Crippen molar-refractivity contribution in [2.45, 2.75) is 25.8 Å². The van der Waals surface area contributed by atoms with Crippen LogP contribution < -0.4 is 4.74 Å². The molecule has 1 amide bonds. The van der Waals surface area contributed by atoms with Gasteiger partial charge < -0.3 is 9.64 Å². The molecule has 158 valence electrons. The van der Waals surface area contributed by atoms with Gasteiger partial charge in [-0.1, -0.05) is 18.2 Å². The maximum absolute atomic E-state index is 13.6. The molecule has 1 aliphatic rings. The predicted octanol–water partition coefficient (Wildman–Crippen LogP) is 3.39.